The number of hydrogen-bond donors (Lipinski definition) is 1. The Balaban J connectivity index is 1.45. The lowest BCUT2D eigenvalue weighted by atomic mass is 9.94. The Kier molecular flexibility index (Phi) is 7.54. The first kappa shape index (κ1) is 23.5. The SMILES string of the molecule is CCn1nc(C)c(CCNC(=O)CC2CCN(S(=O)(=O)c3ccc(C)cc3)CC2)c1C. The van der Waals surface area contributed by atoms with Crippen LogP contribution in [0.5, 0.6) is 0 Å². The average molecular weight is 447 g/mol. The summed E-state index contributed by atoms with van der Waals surface area (Å²) in [5.74, 6) is 0.258. The first-order chi connectivity index (χ1) is 14.7. The van der Waals surface area contributed by atoms with Gasteiger partial charge >= 0.3 is 0 Å². The molecule has 1 fully saturated rings. The molecular formula is C23H34N4O3S. The predicted molar refractivity (Wildman–Crippen MR) is 121 cm³/mol. The van der Waals surface area contributed by atoms with Gasteiger partial charge in [-0.15, -0.1) is 0 Å². The molecule has 0 saturated carbocycles. The molecule has 7 nitrogen and oxygen atoms in total. The molecule has 1 saturated heterocycles. The van der Waals surface area contributed by atoms with E-state index in [1.54, 1.807) is 16.4 Å². The molecule has 170 valence electrons. The number of carbonyl (C=O) groups excluding carboxylic acids is 1. The molecule has 1 aromatic carbocycles. The van der Waals surface area contributed by atoms with Crippen LogP contribution in [-0.4, -0.2) is 48.0 Å². The molecule has 1 amide bonds. The number of piperidine rings is 1. The molecule has 3 rings (SSSR count). The van der Waals surface area contributed by atoms with Crippen LogP contribution in [0.2, 0.25) is 0 Å². The van der Waals surface area contributed by atoms with E-state index in [0.717, 1.165) is 29.9 Å². The van der Waals surface area contributed by atoms with Gasteiger partial charge in [0.1, 0.15) is 0 Å². The van der Waals surface area contributed by atoms with E-state index in [2.05, 4.69) is 24.3 Å². The van der Waals surface area contributed by atoms with Gasteiger partial charge in [0, 0.05) is 38.3 Å². The topological polar surface area (TPSA) is 84.3 Å². The van der Waals surface area contributed by atoms with Crippen molar-refractivity contribution in [2.24, 2.45) is 5.92 Å². The summed E-state index contributed by atoms with van der Waals surface area (Å²) in [5.41, 5.74) is 4.43. The Labute approximate surface area is 185 Å². The molecule has 1 aliphatic rings. The first-order valence-electron chi connectivity index (χ1n) is 11.1. The molecule has 0 aliphatic carbocycles. The maximum atomic E-state index is 12.8. The summed E-state index contributed by atoms with van der Waals surface area (Å²) >= 11 is 0. The van der Waals surface area contributed by atoms with Crippen molar-refractivity contribution in [1.82, 2.24) is 19.4 Å². The molecule has 1 N–H and O–H groups in total. The van der Waals surface area contributed by atoms with Crippen molar-refractivity contribution in [2.45, 2.75) is 64.8 Å². The number of nitrogens with zero attached hydrogens (tertiary/aromatic N) is 3. The number of carbonyl (C=O) groups is 1. The molecule has 31 heavy (non-hydrogen) atoms. The van der Waals surface area contributed by atoms with Crippen LogP contribution in [0.3, 0.4) is 0 Å². The third-order valence-electron chi connectivity index (χ3n) is 6.23. The van der Waals surface area contributed by atoms with E-state index < -0.39 is 10.0 Å². The van der Waals surface area contributed by atoms with Crippen molar-refractivity contribution in [3.8, 4) is 0 Å². The largest absolute Gasteiger partial charge is 0.356 e. The van der Waals surface area contributed by atoms with Crippen molar-refractivity contribution in [2.75, 3.05) is 19.6 Å². The fraction of sp³-hybridized carbons (Fsp3) is 0.565. The van der Waals surface area contributed by atoms with Gasteiger partial charge in [0.15, 0.2) is 0 Å². The maximum Gasteiger partial charge on any atom is 0.243 e. The monoisotopic (exact) mass is 446 g/mol. The van der Waals surface area contributed by atoms with E-state index in [0.29, 0.717) is 43.8 Å². The quantitative estimate of drug-likeness (QED) is 0.676. The van der Waals surface area contributed by atoms with Crippen LogP contribution >= 0.6 is 0 Å². The second-order valence-corrected chi connectivity index (χ2v) is 10.4. The van der Waals surface area contributed by atoms with Gasteiger partial charge in [-0.3, -0.25) is 9.48 Å². The molecule has 0 atom stereocenters. The van der Waals surface area contributed by atoms with E-state index in [-0.39, 0.29) is 11.8 Å². The van der Waals surface area contributed by atoms with E-state index in [1.165, 1.54) is 5.56 Å². The highest BCUT2D eigenvalue weighted by atomic mass is 32.2. The van der Waals surface area contributed by atoms with Gasteiger partial charge in [0.05, 0.1) is 10.6 Å². The summed E-state index contributed by atoms with van der Waals surface area (Å²) in [6.07, 6.45) is 2.64. The number of rotatable bonds is 8. The summed E-state index contributed by atoms with van der Waals surface area (Å²) in [7, 11) is -3.46. The van der Waals surface area contributed by atoms with E-state index in [9.17, 15) is 13.2 Å². The van der Waals surface area contributed by atoms with Crippen molar-refractivity contribution < 1.29 is 13.2 Å². The number of benzene rings is 1. The number of amides is 1. The smallest absolute Gasteiger partial charge is 0.243 e. The third kappa shape index (κ3) is 5.54. The molecule has 0 spiro atoms. The van der Waals surface area contributed by atoms with E-state index in [1.807, 2.05) is 30.7 Å². The van der Waals surface area contributed by atoms with Gasteiger partial charge in [0.2, 0.25) is 15.9 Å². The van der Waals surface area contributed by atoms with Crippen LogP contribution < -0.4 is 5.32 Å². The van der Waals surface area contributed by atoms with Crippen LogP contribution in [0.25, 0.3) is 0 Å². The van der Waals surface area contributed by atoms with Gasteiger partial charge in [-0.1, -0.05) is 17.7 Å². The number of aromatic nitrogens is 2. The Hall–Kier alpha value is -2.19. The van der Waals surface area contributed by atoms with Crippen LogP contribution in [0.4, 0.5) is 0 Å². The standard InChI is InChI=1S/C23H34N4O3S/c1-5-27-19(4)22(18(3)25-27)10-13-24-23(28)16-20-11-14-26(15-12-20)31(29,30)21-8-6-17(2)7-9-21/h6-9,20H,5,10-16H2,1-4H3,(H,24,28). The van der Waals surface area contributed by atoms with E-state index >= 15 is 0 Å². The summed E-state index contributed by atoms with van der Waals surface area (Å²) < 4.78 is 29.2. The molecule has 0 bridgehead atoms. The van der Waals surface area contributed by atoms with Gasteiger partial charge in [-0.05, 0) is 70.6 Å². The first-order valence-corrected chi connectivity index (χ1v) is 12.5. The third-order valence-corrected chi connectivity index (χ3v) is 8.15. The van der Waals surface area contributed by atoms with Crippen LogP contribution in [0.15, 0.2) is 29.2 Å². The summed E-state index contributed by atoms with van der Waals surface area (Å²) in [6.45, 7) is 10.4. The van der Waals surface area contributed by atoms with Crippen LogP contribution in [-0.2, 0) is 27.8 Å². The number of sulfonamides is 1. The molecule has 0 unspecified atom stereocenters. The molecule has 1 aliphatic heterocycles. The zero-order valence-electron chi connectivity index (χ0n) is 19.0. The zero-order valence-corrected chi connectivity index (χ0v) is 19.8. The lowest BCUT2D eigenvalue weighted by molar-refractivity contribution is -0.122. The second kappa shape index (κ2) is 9.96. The Morgan fingerprint density at radius 3 is 2.35 bits per heavy atom. The second-order valence-electron chi connectivity index (χ2n) is 8.43. The van der Waals surface area contributed by atoms with Crippen molar-refractivity contribution in [1.29, 1.82) is 0 Å². The minimum absolute atomic E-state index is 0.0398. The average Bonchev–Trinajstić information content (AvgIpc) is 3.02. The molecule has 1 aromatic heterocycles. The normalized spacial score (nSPS) is 15.9. The Morgan fingerprint density at radius 2 is 1.77 bits per heavy atom. The zero-order chi connectivity index (χ0) is 22.6. The van der Waals surface area contributed by atoms with Crippen molar-refractivity contribution in [3.05, 3.63) is 46.8 Å². The molecular weight excluding hydrogens is 412 g/mol. The molecule has 2 aromatic rings. The number of hydrogen-bond acceptors (Lipinski definition) is 4. The van der Waals surface area contributed by atoms with E-state index in [4.69, 9.17) is 0 Å². The predicted octanol–water partition coefficient (Wildman–Crippen LogP) is 2.98. The highest BCUT2D eigenvalue weighted by molar-refractivity contribution is 7.89. The summed E-state index contributed by atoms with van der Waals surface area (Å²) in [5, 5.41) is 7.55. The molecule has 2 heterocycles. The fourth-order valence-corrected chi connectivity index (χ4v) is 5.75. The van der Waals surface area contributed by atoms with Crippen LogP contribution in [0, 0.1) is 26.7 Å². The number of nitrogens with one attached hydrogen (secondary N) is 1. The highest BCUT2D eigenvalue weighted by Crippen LogP contribution is 2.26. The Morgan fingerprint density at radius 1 is 1.13 bits per heavy atom. The lowest BCUT2D eigenvalue weighted by Gasteiger charge is -2.31. The van der Waals surface area contributed by atoms with Gasteiger partial charge in [-0.2, -0.15) is 9.40 Å². The van der Waals surface area contributed by atoms with Gasteiger partial charge in [-0.25, -0.2) is 8.42 Å². The molecule has 8 heteroatoms. The summed E-state index contributed by atoms with van der Waals surface area (Å²) in [4.78, 5) is 12.7. The minimum Gasteiger partial charge on any atom is -0.356 e. The lowest BCUT2D eigenvalue weighted by Crippen LogP contribution is -2.39. The number of aryl methyl sites for hydroxylation is 3. The van der Waals surface area contributed by atoms with Crippen LogP contribution in [0.1, 0.15) is 48.7 Å². The minimum atomic E-state index is -3.46. The van der Waals surface area contributed by atoms with Gasteiger partial charge in [0.25, 0.3) is 0 Å². The highest BCUT2D eigenvalue weighted by Gasteiger charge is 2.30. The molecule has 0 radical (unpaired) electrons. The van der Waals surface area contributed by atoms with Gasteiger partial charge < -0.3 is 5.32 Å². The van der Waals surface area contributed by atoms with Crippen molar-refractivity contribution >= 4 is 15.9 Å². The fourth-order valence-electron chi connectivity index (χ4n) is 4.28. The summed E-state index contributed by atoms with van der Waals surface area (Å²) in [6, 6.07) is 6.97. The Bertz CT molecular complexity index is 1000. The van der Waals surface area contributed by atoms with Crippen molar-refractivity contribution in [3.63, 3.8) is 0 Å². The maximum absolute atomic E-state index is 12.8.